The number of amides is 3. The summed E-state index contributed by atoms with van der Waals surface area (Å²) in [6.45, 7) is 0.0708. The minimum absolute atomic E-state index is 0.000943. The maximum absolute atomic E-state index is 12.6. The monoisotopic (exact) mass is 546 g/mol. The molecule has 0 saturated carbocycles. The maximum Gasteiger partial charge on any atom is 0.414 e. The van der Waals surface area contributed by atoms with Crippen molar-refractivity contribution >= 4 is 39.5 Å². The molecule has 0 fully saturated rings. The summed E-state index contributed by atoms with van der Waals surface area (Å²) in [7, 11) is -4.16. The molecule has 1 heterocycles. The molecule has 11 nitrogen and oxygen atoms in total. The van der Waals surface area contributed by atoms with Gasteiger partial charge in [0.15, 0.2) is 0 Å². The lowest BCUT2D eigenvalue weighted by molar-refractivity contribution is 0.0951. The van der Waals surface area contributed by atoms with E-state index in [0.717, 1.165) is 11.8 Å². The molecule has 13 heteroatoms. The zero-order valence-electron chi connectivity index (χ0n) is 19.3. The van der Waals surface area contributed by atoms with E-state index in [1.165, 1.54) is 24.3 Å². The number of carbonyl (C=O) groups excluding carboxylic acids is 3. The zero-order chi connectivity index (χ0) is 26.8. The first kappa shape index (κ1) is 27.6. The summed E-state index contributed by atoms with van der Waals surface area (Å²) in [6.07, 6.45) is 0.680. The molecular weight excluding hydrogens is 524 g/mol. The predicted octanol–water partition coefficient (Wildman–Crippen LogP) is 1.91. The normalized spacial score (nSPS) is 10.9. The number of halogens is 1. The fourth-order valence-electron chi connectivity index (χ4n) is 2.96. The Bertz CT molecular complexity index is 1350. The highest BCUT2D eigenvalue weighted by Gasteiger charge is 2.19. The number of aliphatic hydroxyl groups is 1. The molecule has 0 atom stereocenters. The number of nitrogens with one attached hydrogen (secondary N) is 3. The number of benzene rings is 2. The van der Waals surface area contributed by atoms with Gasteiger partial charge in [0.25, 0.3) is 21.8 Å². The van der Waals surface area contributed by atoms with Crippen LogP contribution in [0.1, 0.15) is 26.3 Å². The minimum Gasteiger partial charge on any atom is -0.395 e. The number of nitrogens with zero attached hydrogens (tertiary/aromatic N) is 1. The molecule has 0 aliphatic carbocycles. The van der Waals surface area contributed by atoms with Crippen molar-refractivity contribution in [2.75, 3.05) is 19.7 Å². The van der Waals surface area contributed by atoms with E-state index in [2.05, 4.69) is 15.6 Å². The average molecular weight is 547 g/mol. The van der Waals surface area contributed by atoms with Gasteiger partial charge in [0.2, 0.25) is 5.88 Å². The molecule has 3 amide bonds. The molecule has 0 bridgehead atoms. The number of hydrogen-bond acceptors (Lipinski definition) is 8. The second kappa shape index (κ2) is 12.8. The number of pyridine rings is 1. The Kier molecular flexibility index (Phi) is 9.55. The third-order valence-electron chi connectivity index (χ3n) is 4.84. The molecule has 0 spiro atoms. The van der Waals surface area contributed by atoms with E-state index in [4.69, 9.17) is 21.4 Å². The molecule has 0 unspecified atom stereocenters. The first-order valence-electron chi connectivity index (χ1n) is 10.9. The van der Waals surface area contributed by atoms with E-state index < -0.39 is 22.0 Å². The lowest BCUT2D eigenvalue weighted by atomic mass is 10.1. The van der Waals surface area contributed by atoms with Crippen molar-refractivity contribution in [3.05, 3.63) is 88.6 Å². The summed E-state index contributed by atoms with van der Waals surface area (Å²) in [4.78, 5) is 39.7. The van der Waals surface area contributed by atoms with Gasteiger partial charge in [0.05, 0.1) is 17.1 Å². The Hall–Kier alpha value is -4.00. The summed E-state index contributed by atoms with van der Waals surface area (Å²) >= 11 is 5.81. The Morgan fingerprint density at radius 2 is 1.54 bits per heavy atom. The van der Waals surface area contributed by atoms with Crippen LogP contribution in [-0.4, -0.2) is 56.1 Å². The Balaban J connectivity index is 1.52. The van der Waals surface area contributed by atoms with Crippen LogP contribution in [0.4, 0.5) is 4.79 Å². The topological polar surface area (TPSA) is 164 Å². The summed E-state index contributed by atoms with van der Waals surface area (Å²) in [5.74, 6) is -1.29. The maximum atomic E-state index is 12.6. The molecule has 4 N–H and O–H groups in total. The van der Waals surface area contributed by atoms with Gasteiger partial charge in [-0.05, 0) is 54.4 Å². The molecule has 3 rings (SSSR count). The van der Waals surface area contributed by atoms with Crippen LogP contribution in [0.5, 0.6) is 5.88 Å². The highest BCUT2D eigenvalue weighted by molar-refractivity contribution is 7.90. The number of hydrogen-bond donors (Lipinski definition) is 4. The van der Waals surface area contributed by atoms with E-state index in [1.54, 1.807) is 36.4 Å². The van der Waals surface area contributed by atoms with E-state index in [1.807, 2.05) is 4.72 Å². The fourth-order valence-corrected chi connectivity index (χ4v) is 4.06. The fraction of sp³-hybridized carbons (Fsp3) is 0.167. The van der Waals surface area contributed by atoms with Gasteiger partial charge in [-0.25, -0.2) is 22.9 Å². The number of aromatic nitrogens is 1. The van der Waals surface area contributed by atoms with Crippen molar-refractivity contribution in [3.8, 4) is 5.88 Å². The highest BCUT2D eigenvalue weighted by atomic mass is 35.5. The first-order chi connectivity index (χ1) is 17.7. The Morgan fingerprint density at radius 3 is 2.16 bits per heavy atom. The van der Waals surface area contributed by atoms with E-state index >= 15 is 0 Å². The quantitative estimate of drug-likeness (QED) is 0.299. The van der Waals surface area contributed by atoms with Crippen molar-refractivity contribution in [1.29, 1.82) is 0 Å². The van der Waals surface area contributed by atoms with Gasteiger partial charge >= 0.3 is 6.09 Å². The second-order valence-corrected chi connectivity index (χ2v) is 9.64. The third kappa shape index (κ3) is 8.27. The van der Waals surface area contributed by atoms with Gasteiger partial charge in [0.1, 0.15) is 0 Å². The van der Waals surface area contributed by atoms with Gasteiger partial charge in [-0.1, -0.05) is 23.7 Å². The molecule has 0 radical (unpaired) electrons. The number of aliphatic hydroxyl groups excluding tert-OH is 1. The zero-order valence-corrected chi connectivity index (χ0v) is 20.9. The highest BCUT2D eigenvalue weighted by Crippen LogP contribution is 2.14. The number of sulfonamides is 1. The number of rotatable bonds is 10. The van der Waals surface area contributed by atoms with Crippen molar-refractivity contribution in [2.45, 2.75) is 11.3 Å². The lowest BCUT2D eigenvalue weighted by Crippen LogP contribution is -2.31. The molecule has 2 aromatic carbocycles. The van der Waals surface area contributed by atoms with Crippen LogP contribution in [0.15, 0.2) is 71.8 Å². The first-order valence-corrected chi connectivity index (χ1v) is 12.8. The molecule has 1 aromatic heterocycles. The van der Waals surface area contributed by atoms with Crippen molar-refractivity contribution in [3.63, 3.8) is 0 Å². The van der Waals surface area contributed by atoms with Crippen molar-refractivity contribution < 1.29 is 32.6 Å². The average Bonchev–Trinajstić information content (AvgIpc) is 2.88. The summed E-state index contributed by atoms with van der Waals surface area (Å²) in [5, 5.41) is 14.2. The summed E-state index contributed by atoms with van der Waals surface area (Å²) < 4.78 is 32.0. The van der Waals surface area contributed by atoms with Crippen LogP contribution >= 0.6 is 11.6 Å². The van der Waals surface area contributed by atoms with Gasteiger partial charge in [-0.15, -0.1) is 0 Å². The lowest BCUT2D eigenvalue weighted by Gasteiger charge is -2.09. The van der Waals surface area contributed by atoms with E-state index in [-0.39, 0.29) is 35.4 Å². The van der Waals surface area contributed by atoms with Gasteiger partial charge < -0.3 is 20.5 Å². The predicted molar refractivity (Wildman–Crippen MR) is 134 cm³/mol. The molecule has 37 heavy (non-hydrogen) atoms. The van der Waals surface area contributed by atoms with Crippen LogP contribution in [0, 0.1) is 0 Å². The number of ether oxygens (including phenoxy) is 1. The SMILES string of the molecule is O=C(NCCO)Oc1ccc(C(=O)NS(=O)(=O)c2ccc(CCNC(=O)c3ccc(Cl)cc3)cc2)cn1. The second-order valence-electron chi connectivity index (χ2n) is 7.52. The standard InChI is InChI=1S/C24H23ClN4O7S/c25-19-6-3-17(4-7-19)22(31)26-12-11-16-1-8-20(9-2-16)37(34,35)29-23(32)18-5-10-21(28-15-18)36-24(33)27-13-14-30/h1-10,15,30H,11-14H2,(H,26,31)(H,27,33)(H,29,32). The van der Waals surface area contributed by atoms with Crippen LogP contribution in [0.25, 0.3) is 0 Å². The Labute approximate surface area is 217 Å². The van der Waals surface area contributed by atoms with Crippen LogP contribution < -0.4 is 20.1 Å². The van der Waals surface area contributed by atoms with Crippen LogP contribution in [-0.2, 0) is 16.4 Å². The molecule has 3 aromatic rings. The van der Waals surface area contributed by atoms with Crippen LogP contribution in [0.3, 0.4) is 0 Å². The summed E-state index contributed by atoms with van der Waals surface area (Å²) in [5.41, 5.74) is 1.19. The third-order valence-corrected chi connectivity index (χ3v) is 6.44. The van der Waals surface area contributed by atoms with Crippen molar-refractivity contribution in [2.24, 2.45) is 0 Å². The molecular formula is C24H23ClN4O7S. The Morgan fingerprint density at radius 1 is 0.865 bits per heavy atom. The smallest absolute Gasteiger partial charge is 0.395 e. The van der Waals surface area contributed by atoms with Crippen LogP contribution in [0.2, 0.25) is 5.02 Å². The minimum atomic E-state index is -4.16. The number of carbonyl (C=O) groups is 3. The molecule has 0 aliphatic rings. The van der Waals surface area contributed by atoms with Crippen molar-refractivity contribution in [1.82, 2.24) is 20.3 Å². The van der Waals surface area contributed by atoms with E-state index in [9.17, 15) is 22.8 Å². The molecule has 194 valence electrons. The van der Waals surface area contributed by atoms with Gasteiger partial charge in [-0.2, -0.15) is 0 Å². The summed E-state index contributed by atoms with van der Waals surface area (Å²) in [6, 6.07) is 14.8. The van der Waals surface area contributed by atoms with E-state index in [0.29, 0.717) is 23.6 Å². The largest absolute Gasteiger partial charge is 0.414 e. The molecule has 0 aliphatic heterocycles. The molecule has 0 saturated heterocycles. The van der Waals surface area contributed by atoms with Gasteiger partial charge in [0, 0.05) is 35.9 Å². The van der Waals surface area contributed by atoms with Gasteiger partial charge in [-0.3, -0.25) is 9.59 Å².